The van der Waals surface area contributed by atoms with Gasteiger partial charge >= 0.3 is 0 Å². The Morgan fingerprint density at radius 1 is 1.23 bits per heavy atom. The summed E-state index contributed by atoms with van der Waals surface area (Å²) in [5.74, 6) is 0.470. The topological polar surface area (TPSA) is 12.9 Å². The fourth-order valence-corrected chi connectivity index (χ4v) is 1.28. The standard InChI is InChI=1S/C12H11N/c1-9(2)11-8-7-10-5-3-4-6-12(10)13-11/h3,5,7-9H,1-2H3. The van der Waals surface area contributed by atoms with Crippen LogP contribution in [0.25, 0.3) is 10.9 Å². The van der Waals surface area contributed by atoms with E-state index in [2.05, 4.69) is 43.1 Å². The van der Waals surface area contributed by atoms with E-state index < -0.39 is 0 Å². The zero-order valence-electron chi connectivity index (χ0n) is 7.83. The Balaban J connectivity index is 2.62. The van der Waals surface area contributed by atoms with Gasteiger partial charge in [0.05, 0.1) is 0 Å². The van der Waals surface area contributed by atoms with Crippen LogP contribution >= 0.6 is 0 Å². The summed E-state index contributed by atoms with van der Waals surface area (Å²) in [7, 11) is 0. The van der Waals surface area contributed by atoms with Gasteiger partial charge in [-0.1, -0.05) is 26.0 Å². The highest BCUT2D eigenvalue weighted by Gasteiger charge is 2.00. The van der Waals surface area contributed by atoms with Crippen LogP contribution in [-0.2, 0) is 0 Å². The Bertz CT molecular complexity index is 418. The van der Waals surface area contributed by atoms with E-state index in [4.69, 9.17) is 0 Å². The molecule has 0 radical (unpaired) electrons. The van der Waals surface area contributed by atoms with Gasteiger partial charge in [-0.05, 0) is 30.2 Å². The van der Waals surface area contributed by atoms with E-state index in [1.165, 1.54) is 0 Å². The molecule has 0 saturated carbocycles. The first-order valence-electron chi connectivity index (χ1n) is 4.46. The Morgan fingerprint density at radius 3 is 2.85 bits per heavy atom. The second kappa shape index (κ2) is 3.06. The van der Waals surface area contributed by atoms with Gasteiger partial charge in [0.25, 0.3) is 0 Å². The molecule has 0 aliphatic carbocycles. The molecule has 2 rings (SSSR count). The predicted molar refractivity (Wildman–Crippen MR) is 53.5 cm³/mol. The number of hydrogen-bond donors (Lipinski definition) is 0. The summed E-state index contributed by atoms with van der Waals surface area (Å²) >= 11 is 0. The number of hydrogen-bond acceptors (Lipinski definition) is 1. The molecule has 0 fully saturated rings. The van der Waals surface area contributed by atoms with E-state index in [0.717, 1.165) is 16.6 Å². The van der Waals surface area contributed by atoms with Gasteiger partial charge in [0.1, 0.15) is 5.52 Å². The fourth-order valence-electron chi connectivity index (χ4n) is 1.28. The van der Waals surface area contributed by atoms with Crippen molar-refractivity contribution in [2.24, 2.45) is 0 Å². The van der Waals surface area contributed by atoms with Gasteiger partial charge in [0.2, 0.25) is 0 Å². The molecule has 1 heterocycles. The average Bonchev–Trinajstić information content (AvgIpc) is 2.17. The van der Waals surface area contributed by atoms with Gasteiger partial charge in [-0.3, -0.25) is 0 Å². The molecule has 0 aliphatic heterocycles. The van der Waals surface area contributed by atoms with Crippen molar-refractivity contribution in [2.75, 3.05) is 0 Å². The van der Waals surface area contributed by atoms with E-state index in [0.29, 0.717) is 5.92 Å². The third kappa shape index (κ3) is 1.48. The first-order chi connectivity index (χ1) is 6.27. The summed E-state index contributed by atoms with van der Waals surface area (Å²) < 4.78 is 0. The van der Waals surface area contributed by atoms with E-state index >= 15 is 0 Å². The van der Waals surface area contributed by atoms with Crippen LogP contribution in [0, 0.1) is 12.1 Å². The summed E-state index contributed by atoms with van der Waals surface area (Å²) in [6.45, 7) is 4.28. The van der Waals surface area contributed by atoms with Crippen molar-refractivity contribution in [3.8, 4) is 0 Å². The summed E-state index contributed by atoms with van der Waals surface area (Å²) in [4.78, 5) is 4.49. The Hall–Kier alpha value is -1.55. The minimum Gasteiger partial charge on any atom is -0.243 e. The van der Waals surface area contributed by atoms with Crippen molar-refractivity contribution in [1.29, 1.82) is 0 Å². The predicted octanol–water partition coefficient (Wildman–Crippen LogP) is 2.96. The zero-order chi connectivity index (χ0) is 9.26. The first-order valence-corrected chi connectivity index (χ1v) is 4.46. The maximum absolute atomic E-state index is 4.49. The maximum atomic E-state index is 4.49. The average molecular weight is 169 g/mol. The number of nitrogens with zero attached hydrogens (tertiary/aromatic N) is 1. The highest BCUT2D eigenvalue weighted by atomic mass is 14.7. The van der Waals surface area contributed by atoms with Crippen LogP contribution in [0.2, 0.25) is 0 Å². The summed E-state index contributed by atoms with van der Waals surface area (Å²) in [6, 6.07) is 13.9. The molecule has 0 saturated heterocycles. The van der Waals surface area contributed by atoms with E-state index in [1.54, 1.807) is 0 Å². The molecule has 2 aromatic rings. The van der Waals surface area contributed by atoms with E-state index in [1.807, 2.05) is 12.1 Å². The molecule has 1 aromatic heterocycles. The monoisotopic (exact) mass is 169 g/mol. The molecule has 0 N–H and O–H groups in total. The van der Waals surface area contributed by atoms with Crippen molar-refractivity contribution >= 4 is 10.9 Å². The first kappa shape index (κ1) is 8.07. The SMILES string of the molecule is CC(C)c1ccc2ccc#cc2n1. The molecular formula is C12H11N. The van der Waals surface area contributed by atoms with Crippen LogP contribution in [0.5, 0.6) is 0 Å². The van der Waals surface area contributed by atoms with Gasteiger partial charge in [-0.15, -0.1) is 0 Å². The smallest absolute Gasteiger partial charge is 0.121 e. The molecule has 0 amide bonds. The molecular weight excluding hydrogens is 158 g/mol. The van der Waals surface area contributed by atoms with Crippen LogP contribution in [0.4, 0.5) is 0 Å². The number of rotatable bonds is 1. The Morgan fingerprint density at radius 2 is 2.08 bits per heavy atom. The van der Waals surface area contributed by atoms with Gasteiger partial charge in [-0.25, -0.2) is 4.98 Å². The van der Waals surface area contributed by atoms with Gasteiger partial charge in [0, 0.05) is 11.1 Å². The highest BCUT2D eigenvalue weighted by Crippen LogP contribution is 2.15. The van der Waals surface area contributed by atoms with Gasteiger partial charge < -0.3 is 0 Å². The minimum atomic E-state index is 0.470. The van der Waals surface area contributed by atoms with Crippen LogP contribution in [0.3, 0.4) is 0 Å². The molecule has 13 heavy (non-hydrogen) atoms. The lowest BCUT2D eigenvalue weighted by Crippen LogP contribution is -1.91. The minimum absolute atomic E-state index is 0.470. The lowest BCUT2D eigenvalue weighted by molar-refractivity contribution is 0.830. The highest BCUT2D eigenvalue weighted by molar-refractivity contribution is 5.76. The molecule has 1 aromatic carbocycles. The molecule has 0 aliphatic rings. The van der Waals surface area contributed by atoms with Crippen molar-refractivity contribution in [2.45, 2.75) is 19.8 Å². The lowest BCUT2D eigenvalue weighted by atomic mass is 10.1. The van der Waals surface area contributed by atoms with Crippen molar-refractivity contribution < 1.29 is 0 Å². The molecule has 0 spiro atoms. The van der Waals surface area contributed by atoms with Crippen molar-refractivity contribution in [1.82, 2.24) is 4.98 Å². The third-order valence-electron chi connectivity index (χ3n) is 2.08. The van der Waals surface area contributed by atoms with Crippen LogP contribution in [-0.4, -0.2) is 4.98 Å². The zero-order valence-corrected chi connectivity index (χ0v) is 7.83. The van der Waals surface area contributed by atoms with Crippen molar-refractivity contribution in [3.05, 3.63) is 42.1 Å². The Kier molecular flexibility index (Phi) is 1.90. The quantitative estimate of drug-likeness (QED) is 0.639. The van der Waals surface area contributed by atoms with Crippen molar-refractivity contribution in [3.63, 3.8) is 0 Å². The van der Waals surface area contributed by atoms with Gasteiger partial charge in [-0.2, -0.15) is 0 Å². The molecule has 1 heteroatoms. The summed E-state index contributed by atoms with van der Waals surface area (Å²) in [6.07, 6.45) is 0. The van der Waals surface area contributed by atoms with E-state index in [-0.39, 0.29) is 0 Å². The number of aromatic nitrogens is 1. The second-order valence-corrected chi connectivity index (χ2v) is 3.43. The van der Waals surface area contributed by atoms with Crippen LogP contribution in [0.1, 0.15) is 25.5 Å². The lowest BCUT2D eigenvalue weighted by Gasteiger charge is -2.03. The normalized spacial score (nSPS) is 10.4. The maximum Gasteiger partial charge on any atom is 0.121 e. The fraction of sp³-hybridized carbons (Fsp3) is 0.250. The summed E-state index contributed by atoms with van der Waals surface area (Å²) in [5.41, 5.74) is 2.03. The number of pyridine rings is 1. The van der Waals surface area contributed by atoms with Crippen LogP contribution in [0.15, 0.2) is 24.3 Å². The molecule has 0 atom stereocenters. The molecule has 1 nitrogen and oxygen atoms in total. The largest absolute Gasteiger partial charge is 0.243 e. The molecule has 0 bridgehead atoms. The molecule has 64 valence electrons. The van der Waals surface area contributed by atoms with Gasteiger partial charge in [0.15, 0.2) is 0 Å². The van der Waals surface area contributed by atoms with Crippen LogP contribution < -0.4 is 0 Å². The third-order valence-corrected chi connectivity index (χ3v) is 2.08. The molecule has 0 unspecified atom stereocenters. The van der Waals surface area contributed by atoms with E-state index in [9.17, 15) is 0 Å². The Labute approximate surface area is 78.4 Å². The number of fused-ring (bicyclic) bond motifs is 1. The second-order valence-electron chi connectivity index (χ2n) is 3.43. The summed E-state index contributed by atoms with van der Waals surface area (Å²) in [5, 5.41) is 1.13.